The maximum absolute atomic E-state index is 11.9. The quantitative estimate of drug-likeness (QED) is 0.433. The number of benzene rings is 1. The minimum Gasteiger partial charge on any atom is -0.266 e. The van der Waals surface area contributed by atoms with E-state index in [0.29, 0.717) is 12.8 Å². The van der Waals surface area contributed by atoms with Gasteiger partial charge in [0, 0.05) is 22.4 Å². The first-order valence-electron chi connectivity index (χ1n) is 6.61. The van der Waals surface area contributed by atoms with E-state index in [4.69, 9.17) is 4.18 Å². The first kappa shape index (κ1) is 18.3. The van der Waals surface area contributed by atoms with E-state index in [1.807, 2.05) is 6.92 Å². The first-order valence-corrected chi connectivity index (χ1v) is 8.81. The minimum atomic E-state index is -3.66. The predicted octanol–water partition coefficient (Wildman–Crippen LogP) is 3.23. The zero-order valence-corrected chi connectivity index (χ0v) is 14.6. The van der Waals surface area contributed by atoms with Crippen molar-refractivity contribution < 1.29 is 12.6 Å². The maximum Gasteiger partial charge on any atom is 0.296 e. The highest BCUT2D eigenvalue weighted by molar-refractivity contribution is 9.12. The lowest BCUT2D eigenvalue weighted by Crippen LogP contribution is -2.07. The summed E-state index contributed by atoms with van der Waals surface area (Å²) in [5.74, 6) is 13.2. The van der Waals surface area contributed by atoms with Crippen LogP contribution in [-0.4, -0.2) is 15.0 Å². The summed E-state index contributed by atoms with van der Waals surface area (Å²) in [7, 11) is -3.66. The third-order valence-electron chi connectivity index (χ3n) is 2.57. The van der Waals surface area contributed by atoms with Gasteiger partial charge in [-0.25, -0.2) is 0 Å². The molecule has 0 fully saturated rings. The van der Waals surface area contributed by atoms with Crippen LogP contribution in [0, 0.1) is 41.4 Å². The molecule has 0 bridgehead atoms. The summed E-state index contributed by atoms with van der Waals surface area (Å²) in [4.78, 5) is 2.65. The van der Waals surface area contributed by atoms with E-state index < -0.39 is 10.1 Å². The Balaban J connectivity index is 2.31. The van der Waals surface area contributed by atoms with Crippen molar-refractivity contribution in [2.75, 3.05) is 6.61 Å². The molecular weight excluding hydrogens is 364 g/mol. The monoisotopic (exact) mass is 378 g/mol. The smallest absolute Gasteiger partial charge is 0.266 e. The van der Waals surface area contributed by atoms with Crippen molar-refractivity contribution >= 4 is 26.0 Å². The van der Waals surface area contributed by atoms with Crippen LogP contribution in [0.4, 0.5) is 0 Å². The van der Waals surface area contributed by atoms with Gasteiger partial charge >= 0.3 is 0 Å². The van der Waals surface area contributed by atoms with E-state index in [9.17, 15) is 8.42 Å². The van der Waals surface area contributed by atoms with Crippen LogP contribution in [0.25, 0.3) is 0 Å². The molecule has 0 amide bonds. The van der Waals surface area contributed by atoms with Crippen molar-refractivity contribution in [3.05, 3.63) is 29.8 Å². The molecule has 0 heterocycles. The molecule has 0 aliphatic carbocycles. The van der Waals surface area contributed by atoms with Gasteiger partial charge in [0.25, 0.3) is 10.1 Å². The van der Waals surface area contributed by atoms with Crippen LogP contribution in [0.2, 0.25) is 0 Å². The molecule has 1 rings (SSSR count). The molecule has 114 valence electrons. The molecule has 3 nitrogen and oxygen atoms in total. The lowest BCUT2D eigenvalue weighted by atomic mass is 10.2. The summed E-state index contributed by atoms with van der Waals surface area (Å²) in [6.07, 6.45) is 2.01. The molecule has 0 aliphatic rings. The fourth-order valence-electron chi connectivity index (χ4n) is 1.45. The summed E-state index contributed by atoms with van der Waals surface area (Å²) in [6, 6.07) is 6.58. The normalized spacial score (nSPS) is 9.55. The van der Waals surface area contributed by atoms with Crippen LogP contribution in [0.1, 0.15) is 24.8 Å². The molecule has 22 heavy (non-hydrogen) atoms. The Morgan fingerprint density at radius 3 is 2.41 bits per heavy atom. The number of rotatable bonds is 6. The van der Waals surface area contributed by atoms with Crippen molar-refractivity contribution in [1.82, 2.24) is 0 Å². The van der Waals surface area contributed by atoms with Crippen LogP contribution in [0.5, 0.6) is 0 Å². The molecule has 0 atom stereocenters. The van der Waals surface area contributed by atoms with E-state index >= 15 is 0 Å². The van der Waals surface area contributed by atoms with Crippen molar-refractivity contribution in [3.8, 4) is 34.4 Å². The summed E-state index contributed by atoms with van der Waals surface area (Å²) in [6.45, 7) is 2.05. The second-order valence-electron chi connectivity index (χ2n) is 4.32. The number of aryl methyl sites for hydroxylation is 1. The number of halogens is 1. The molecular formula is C17H15BrO3S. The molecule has 0 spiro atoms. The number of hydrogen-bond acceptors (Lipinski definition) is 3. The second kappa shape index (κ2) is 10.1. The lowest BCUT2D eigenvalue weighted by Gasteiger charge is -2.05. The van der Waals surface area contributed by atoms with Gasteiger partial charge in [-0.3, -0.25) is 4.18 Å². The first-order chi connectivity index (χ1) is 10.6. The van der Waals surface area contributed by atoms with Gasteiger partial charge in [-0.15, -0.1) is 0 Å². The molecule has 0 unspecified atom stereocenters. The van der Waals surface area contributed by atoms with E-state index in [-0.39, 0.29) is 11.5 Å². The Kier molecular flexibility index (Phi) is 8.41. The zero-order chi connectivity index (χ0) is 16.3. The molecule has 0 radical (unpaired) electrons. The van der Waals surface area contributed by atoms with Gasteiger partial charge in [-0.2, -0.15) is 8.42 Å². The van der Waals surface area contributed by atoms with Crippen molar-refractivity contribution in [1.29, 1.82) is 0 Å². The zero-order valence-electron chi connectivity index (χ0n) is 12.1. The predicted molar refractivity (Wildman–Crippen MR) is 90.4 cm³/mol. The SMILES string of the molecule is Cc1ccc(S(=O)(=O)OCCCCC#CC#CC#CBr)cc1. The van der Waals surface area contributed by atoms with E-state index in [1.165, 1.54) is 0 Å². The third-order valence-corrected chi connectivity index (χ3v) is 4.09. The molecule has 1 aromatic carbocycles. The Hall–Kier alpha value is -1.71. The largest absolute Gasteiger partial charge is 0.296 e. The van der Waals surface area contributed by atoms with Gasteiger partial charge in [0.15, 0.2) is 0 Å². The van der Waals surface area contributed by atoms with Crippen LogP contribution in [0.15, 0.2) is 29.2 Å². The molecule has 1 aromatic rings. The van der Waals surface area contributed by atoms with Crippen LogP contribution < -0.4 is 0 Å². The highest BCUT2D eigenvalue weighted by Crippen LogP contribution is 2.13. The highest BCUT2D eigenvalue weighted by atomic mass is 79.9. The topological polar surface area (TPSA) is 43.4 Å². The Morgan fingerprint density at radius 2 is 1.73 bits per heavy atom. The number of hydrogen-bond donors (Lipinski definition) is 0. The van der Waals surface area contributed by atoms with Gasteiger partial charge in [0.1, 0.15) is 0 Å². The van der Waals surface area contributed by atoms with Crippen LogP contribution >= 0.6 is 15.9 Å². The fourth-order valence-corrected chi connectivity index (χ4v) is 2.49. The minimum absolute atomic E-state index is 0.151. The highest BCUT2D eigenvalue weighted by Gasteiger charge is 2.13. The second-order valence-corrected chi connectivity index (χ2v) is 6.33. The van der Waals surface area contributed by atoms with Crippen LogP contribution in [-0.2, 0) is 14.3 Å². The lowest BCUT2D eigenvalue weighted by molar-refractivity contribution is 0.309. The van der Waals surface area contributed by atoms with Gasteiger partial charge in [-0.05, 0) is 60.4 Å². The van der Waals surface area contributed by atoms with E-state index in [0.717, 1.165) is 12.0 Å². The Labute approximate surface area is 140 Å². The maximum atomic E-state index is 11.9. The van der Waals surface area contributed by atoms with Crippen LogP contribution in [0.3, 0.4) is 0 Å². The fraction of sp³-hybridized carbons (Fsp3) is 0.294. The molecule has 0 aliphatic heterocycles. The Bertz CT molecular complexity index is 761. The standard InChI is InChI=1S/C17H15BrO3S/c1-16-10-12-17(13-11-16)22(19,20)21-15-9-7-5-3-2-4-6-8-14-18/h10-13H,5,7,9,15H2,1H3. The van der Waals surface area contributed by atoms with Crippen molar-refractivity contribution in [3.63, 3.8) is 0 Å². The van der Waals surface area contributed by atoms with Crippen molar-refractivity contribution in [2.45, 2.75) is 31.1 Å². The molecule has 0 saturated heterocycles. The van der Waals surface area contributed by atoms with Gasteiger partial charge < -0.3 is 0 Å². The van der Waals surface area contributed by atoms with Crippen molar-refractivity contribution in [2.24, 2.45) is 0 Å². The summed E-state index contributed by atoms with van der Waals surface area (Å²) >= 11 is 2.92. The van der Waals surface area contributed by atoms with Gasteiger partial charge in [0.2, 0.25) is 0 Å². The number of unbranched alkanes of at least 4 members (excludes halogenated alkanes) is 2. The molecule has 0 saturated carbocycles. The molecule has 5 heteroatoms. The summed E-state index contributed by atoms with van der Waals surface area (Å²) in [5.41, 5.74) is 1.00. The Morgan fingerprint density at radius 1 is 1.05 bits per heavy atom. The summed E-state index contributed by atoms with van der Waals surface area (Å²) in [5, 5.41) is 0. The van der Waals surface area contributed by atoms with E-state index in [2.05, 4.69) is 50.4 Å². The average molecular weight is 379 g/mol. The van der Waals surface area contributed by atoms with Gasteiger partial charge in [0.05, 0.1) is 11.5 Å². The molecule has 0 aromatic heterocycles. The van der Waals surface area contributed by atoms with Gasteiger partial charge in [-0.1, -0.05) is 23.6 Å². The average Bonchev–Trinajstić information content (AvgIpc) is 2.49. The van der Waals surface area contributed by atoms with E-state index in [1.54, 1.807) is 24.3 Å². The summed E-state index contributed by atoms with van der Waals surface area (Å²) < 4.78 is 28.8. The third kappa shape index (κ3) is 7.34. The molecule has 0 N–H and O–H groups in total.